The molecule has 2 aliphatic rings. The summed E-state index contributed by atoms with van der Waals surface area (Å²) in [7, 11) is 1.87. The highest BCUT2D eigenvalue weighted by atomic mass is 33.1. The second-order valence-electron chi connectivity index (χ2n) is 18.6. The lowest BCUT2D eigenvalue weighted by atomic mass is 9.82. The van der Waals surface area contributed by atoms with E-state index >= 15 is 0 Å². The predicted molar refractivity (Wildman–Crippen MR) is 273 cm³/mol. The fourth-order valence-electron chi connectivity index (χ4n) is 8.43. The summed E-state index contributed by atoms with van der Waals surface area (Å²) in [4.78, 5) is 164. The Kier molecular flexibility index (Phi) is 26.8. The van der Waals surface area contributed by atoms with Crippen molar-refractivity contribution in [3.63, 3.8) is 0 Å². The van der Waals surface area contributed by atoms with Crippen LogP contribution in [-0.2, 0) is 64.0 Å². The van der Waals surface area contributed by atoms with E-state index in [0.717, 1.165) is 21.6 Å². The van der Waals surface area contributed by atoms with Crippen LogP contribution in [0, 0.1) is 17.8 Å². The lowest BCUT2D eigenvalue weighted by molar-refractivity contribution is -0.142. The smallest absolute Gasteiger partial charge is 0.305 e. The van der Waals surface area contributed by atoms with Gasteiger partial charge in [-0.15, -0.1) is 5.10 Å². The summed E-state index contributed by atoms with van der Waals surface area (Å²) < 4.78 is 1.50. The van der Waals surface area contributed by atoms with E-state index in [0.29, 0.717) is 25.0 Å². The zero-order valence-electron chi connectivity index (χ0n) is 42.3. The molecular weight excluding hydrogens is 1020 g/mol. The van der Waals surface area contributed by atoms with Gasteiger partial charge in [0, 0.05) is 56.0 Å². The van der Waals surface area contributed by atoms with Crippen molar-refractivity contribution in [1.29, 1.82) is 0 Å². The number of aromatic nitrogens is 3. The summed E-state index contributed by atoms with van der Waals surface area (Å²) in [5.41, 5.74) is 17.0. The lowest BCUT2D eigenvalue weighted by Crippen LogP contribution is -2.56. The number of ketones is 4. The van der Waals surface area contributed by atoms with Gasteiger partial charge in [0.05, 0.1) is 54.9 Å². The first kappa shape index (κ1) is 62.8. The molecule has 3 rings (SSSR count). The number of guanidine groups is 1. The summed E-state index contributed by atoms with van der Waals surface area (Å²) in [6.45, 7) is 3.94. The van der Waals surface area contributed by atoms with Gasteiger partial charge in [-0.05, 0) is 72.3 Å². The molecule has 75 heavy (non-hydrogen) atoms. The third-order valence-corrected chi connectivity index (χ3v) is 15.2. The number of fused-ring (bicyclic) bond motifs is 1. The highest BCUT2D eigenvalue weighted by molar-refractivity contribution is 8.77. The van der Waals surface area contributed by atoms with Crippen LogP contribution in [0.2, 0.25) is 0 Å². The van der Waals surface area contributed by atoms with Gasteiger partial charge in [-0.2, -0.15) is 0 Å². The van der Waals surface area contributed by atoms with E-state index in [9.17, 15) is 67.7 Å². The van der Waals surface area contributed by atoms with E-state index < -0.39 is 143 Å². The molecule has 2 fully saturated rings. The lowest BCUT2D eigenvalue weighted by Gasteiger charge is -2.24. The number of unbranched alkanes of at least 4 members (excludes halogenated alkanes) is 1. The summed E-state index contributed by atoms with van der Waals surface area (Å²) in [5, 5.41) is 41.2. The summed E-state index contributed by atoms with van der Waals surface area (Å²) in [5.74, 6) is -13.9. The molecule has 1 aliphatic carbocycles. The first-order valence-corrected chi connectivity index (χ1v) is 27.1. The van der Waals surface area contributed by atoms with Gasteiger partial charge in [0.25, 0.3) is 0 Å². The molecule has 1 aromatic heterocycles. The summed E-state index contributed by atoms with van der Waals surface area (Å²) >= 11 is 0. The van der Waals surface area contributed by atoms with Gasteiger partial charge in [0.2, 0.25) is 35.4 Å². The first-order valence-electron chi connectivity index (χ1n) is 24.7. The molecule has 0 bridgehead atoms. The first-order chi connectivity index (χ1) is 35.5. The Morgan fingerprint density at radius 3 is 2.11 bits per heavy atom. The van der Waals surface area contributed by atoms with Crippen LogP contribution in [0.15, 0.2) is 11.2 Å². The molecule has 1 saturated heterocycles. The number of aliphatic carboxylic acids is 2. The number of hydrogen-bond donors (Lipinski definition) is 11. The maximum Gasteiger partial charge on any atom is 0.305 e. The Hall–Kier alpha value is -6.49. The molecule has 2 heterocycles. The van der Waals surface area contributed by atoms with E-state index in [1.165, 1.54) is 17.8 Å². The zero-order chi connectivity index (χ0) is 55.8. The number of aliphatic imine (C=N–C) groups is 1. The molecule has 1 unspecified atom stereocenters. The minimum atomic E-state index is -1.76. The van der Waals surface area contributed by atoms with Crippen LogP contribution in [0.3, 0.4) is 0 Å². The SMILES string of the molecule is CC(=O)[C@H]1CNC(=O)[C@H](CC(=O)O)CC(=O)[C@@H]2CCCC2C(=O)CCC(=O)[C@H](CCCCN)NC(=O)[C@H](CC(=O)O)NC(=O)CNC(=O)[C@H](CCCN=C(N)N)NC(=O)[C@@H](NC(=O)Cc2cnnn2C(C)C)CSS1. The molecule has 6 amide bonds. The Morgan fingerprint density at radius 1 is 0.813 bits per heavy atom. The van der Waals surface area contributed by atoms with Crippen LogP contribution in [0.4, 0.5) is 0 Å². The number of rotatable bonds is 17. The van der Waals surface area contributed by atoms with E-state index in [1.807, 2.05) is 13.8 Å². The Bertz CT molecular complexity index is 2260. The van der Waals surface area contributed by atoms with Crippen LogP contribution in [-0.4, -0.2) is 163 Å². The number of carbonyl (C=O) groups is 12. The predicted octanol–water partition coefficient (Wildman–Crippen LogP) is -2.03. The number of carbonyl (C=O) groups excluding carboxylic acids is 10. The van der Waals surface area contributed by atoms with E-state index in [-0.39, 0.29) is 88.8 Å². The molecule has 1 aliphatic heterocycles. The molecule has 27 nitrogen and oxygen atoms in total. The number of carboxylic acids is 2. The third-order valence-electron chi connectivity index (χ3n) is 12.3. The van der Waals surface area contributed by atoms with Crippen LogP contribution in [0.5, 0.6) is 0 Å². The number of hydrogen-bond acceptors (Lipinski definition) is 18. The van der Waals surface area contributed by atoms with Gasteiger partial charge in [-0.3, -0.25) is 62.5 Å². The number of amides is 6. The minimum Gasteiger partial charge on any atom is -0.481 e. The zero-order valence-corrected chi connectivity index (χ0v) is 44.0. The maximum atomic E-state index is 14.2. The molecule has 8 atom stereocenters. The highest BCUT2D eigenvalue weighted by Crippen LogP contribution is 2.36. The van der Waals surface area contributed by atoms with E-state index in [4.69, 9.17) is 17.2 Å². The van der Waals surface area contributed by atoms with Gasteiger partial charge in [0.15, 0.2) is 11.7 Å². The molecule has 0 aromatic carbocycles. The Morgan fingerprint density at radius 2 is 1.47 bits per heavy atom. The largest absolute Gasteiger partial charge is 0.481 e. The van der Waals surface area contributed by atoms with Gasteiger partial charge in [-0.1, -0.05) is 33.2 Å². The topological polar surface area (TPSA) is 439 Å². The number of Topliss-reactive ketones (excluding diaryl/α,β-unsaturated/α-hetero) is 4. The Labute approximate surface area is 441 Å². The molecule has 29 heteroatoms. The molecule has 1 saturated carbocycles. The van der Waals surface area contributed by atoms with Crippen molar-refractivity contribution < 1.29 is 67.7 Å². The van der Waals surface area contributed by atoms with Crippen molar-refractivity contribution in [2.75, 3.05) is 31.9 Å². The summed E-state index contributed by atoms with van der Waals surface area (Å²) in [6.07, 6.45) is -0.0912. The normalized spacial score (nSPS) is 24.7. The van der Waals surface area contributed by atoms with Gasteiger partial charge in [0.1, 0.15) is 35.5 Å². The minimum absolute atomic E-state index is 0.00206. The second kappa shape index (κ2) is 32.1. The molecule has 0 radical (unpaired) electrons. The number of nitrogens with one attached hydrogen (secondary N) is 6. The van der Waals surface area contributed by atoms with Crippen molar-refractivity contribution in [2.45, 2.75) is 146 Å². The molecule has 14 N–H and O–H groups in total. The Balaban J connectivity index is 2.04. The molecule has 0 spiro atoms. The second-order valence-corrected chi connectivity index (χ2v) is 21.2. The van der Waals surface area contributed by atoms with E-state index in [2.05, 4.69) is 47.2 Å². The highest BCUT2D eigenvalue weighted by Gasteiger charge is 2.40. The van der Waals surface area contributed by atoms with Crippen molar-refractivity contribution >= 4 is 98.1 Å². The number of nitrogens with zero attached hydrogens (tertiary/aromatic N) is 4. The van der Waals surface area contributed by atoms with Crippen LogP contribution in [0.1, 0.15) is 116 Å². The van der Waals surface area contributed by atoms with Crippen molar-refractivity contribution in [3.8, 4) is 0 Å². The quantitative estimate of drug-likeness (QED) is 0.0347. The number of carboxylic acid groups (broad SMARTS) is 2. The fraction of sp³-hybridized carbons (Fsp3) is 0.674. The van der Waals surface area contributed by atoms with Crippen LogP contribution in [0.25, 0.3) is 0 Å². The van der Waals surface area contributed by atoms with Gasteiger partial charge in [-0.25, -0.2) is 4.68 Å². The maximum absolute atomic E-state index is 14.2. The third kappa shape index (κ3) is 22.1. The van der Waals surface area contributed by atoms with E-state index in [1.54, 1.807) is 0 Å². The standard InChI is InChI=1S/C46H71N13O14S2/c1-24(2)59-27(20-53-58-59)18-38(64)55-33-23-74-75-37(25(3)60)21-51-42(70)26(17-40(66)67)16-36(63)29-9-6-8-28(29)34(61)12-13-35(62)30(10-4-5-14-47)56-44(72)32(19-41(68)69)54-39(65)22-52-43(71)31(57-45(33)73)11-7-15-50-46(48)49/h20,24,26,28-33,37H,4-19,21-23,47H2,1-3H3,(H,51,70)(H,52,71)(H,54,65)(H,55,64)(H,56,72)(H,57,73)(H,66,67)(H,68,69)(H4,48,49,50)/t26-,28?,29+,30-,31-,32-,33-,37+/m0/s1. The average molecular weight is 1090 g/mol. The summed E-state index contributed by atoms with van der Waals surface area (Å²) in [6, 6.07) is -6.04. The molecule has 416 valence electrons. The van der Waals surface area contributed by atoms with Gasteiger partial charge < -0.3 is 59.3 Å². The number of nitrogens with two attached hydrogens (primary N) is 3. The van der Waals surface area contributed by atoms with Crippen molar-refractivity contribution in [1.82, 2.24) is 46.9 Å². The molecule has 1 aromatic rings. The average Bonchev–Trinajstić information content (AvgIpc) is 4.03. The molecular formula is C46H71N13O14S2. The van der Waals surface area contributed by atoms with Crippen LogP contribution < -0.4 is 49.1 Å². The van der Waals surface area contributed by atoms with Crippen molar-refractivity contribution in [3.05, 3.63) is 11.9 Å². The van der Waals surface area contributed by atoms with Gasteiger partial charge >= 0.3 is 11.9 Å². The van der Waals surface area contributed by atoms with Crippen LogP contribution >= 0.6 is 21.6 Å². The fourth-order valence-corrected chi connectivity index (χ4v) is 11.1. The van der Waals surface area contributed by atoms with Crippen molar-refractivity contribution in [2.24, 2.45) is 39.9 Å². The monoisotopic (exact) mass is 1090 g/mol.